The highest BCUT2D eigenvalue weighted by Gasteiger charge is 1.99. The fraction of sp³-hybridized carbons (Fsp3) is 0.375. The first-order chi connectivity index (χ1) is 4.68. The summed E-state index contributed by atoms with van der Waals surface area (Å²) in [5.41, 5.74) is 0.401. The topological polar surface area (TPSA) is 26.3 Å². The van der Waals surface area contributed by atoms with Crippen LogP contribution in [0.1, 0.15) is 13.8 Å². The fourth-order valence-corrected chi connectivity index (χ4v) is 0.297. The van der Waals surface area contributed by atoms with Crippen molar-refractivity contribution in [1.82, 2.24) is 0 Å². The molecule has 0 bridgehead atoms. The molecular weight excluding hydrogens is 128 g/mol. The van der Waals surface area contributed by atoms with Crippen molar-refractivity contribution in [3.05, 3.63) is 12.2 Å². The van der Waals surface area contributed by atoms with Crippen molar-refractivity contribution in [1.29, 1.82) is 0 Å². The Kier molecular flexibility index (Phi) is 4.06. The number of ether oxygens (including phenoxy) is 1. The third-order valence-electron chi connectivity index (χ3n) is 0.801. The quantitative estimate of drug-likeness (QED) is 0.325. The van der Waals surface area contributed by atoms with Gasteiger partial charge in [-0.15, -0.1) is 5.92 Å². The summed E-state index contributed by atoms with van der Waals surface area (Å²) < 4.78 is 4.63. The maximum Gasteiger partial charge on any atom is 0.334 e. The van der Waals surface area contributed by atoms with E-state index >= 15 is 0 Å². The van der Waals surface area contributed by atoms with Crippen LogP contribution in [0.4, 0.5) is 0 Å². The summed E-state index contributed by atoms with van der Waals surface area (Å²) in [6.07, 6.45) is 0. The number of carbonyl (C=O) groups is 1. The Morgan fingerprint density at radius 2 is 2.30 bits per heavy atom. The van der Waals surface area contributed by atoms with Crippen molar-refractivity contribution in [2.24, 2.45) is 0 Å². The van der Waals surface area contributed by atoms with Crippen LogP contribution in [-0.4, -0.2) is 12.6 Å². The van der Waals surface area contributed by atoms with Gasteiger partial charge in [0.25, 0.3) is 0 Å². The minimum absolute atomic E-state index is 0.155. The van der Waals surface area contributed by atoms with Crippen molar-refractivity contribution in [3.63, 3.8) is 0 Å². The van der Waals surface area contributed by atoms with Crippen LogP contribution >= 0.6 is 0 Å². The SMILES string of the molecule is C=C(C)C(=O)OCC#CC. The molecule has 0 unspecified atom stereocenters. The molecule has 0 heterocycles. The van der Waals surface area contributed by atoms with Crippen LogP contribution in [-0.2, 0) is 9.53 Å². The molecule has 10 heavy (non-hydrogen) atoms. The fourth-order valence-electron chi connectivity index (χ4n) is 0.297. The summed E-state index contributed by atoms with van der Waals surface area (Å²) in [5.74, 6) is 4.82. The van der Waals surface area contributed by atoms with E-state index in [-0.39, 0.29) is 12.6 Å². The van der Waals surface area contributed by atoms with E-state index in [1.165, 1.54) is 0 Å². The van der Waals surface area contributed by atoms with E-state index < -0.39 is 0 Å². The van der Waals surface area contributed by atoms with Crippen LogP contribution in [0, 0.1) is 11.8 Å². The van der Waals surface area contributed by atoms with Crippen molar-refractivity contribution >= 4 is 5.97 Å². The molecule has 0 spiro atoms. The standard InChI is InChI=1S/C8H10O2/c1-4-5-6-10-8(9)7(2)3/h2,6H2,1,3H3. The third-order valence-corrected chi connectivity index (χ3v) is 0.801. The van der Waals surface area contributed by atoms with E-state index in [1.54, 1.807) is 13.8 Å². The van der Waals surface area contributed by atoms with Gasteiger partial charge in [-0.25, -0.2) is 4.79 Å². The smallest absolute Gasteiger partial charge is 0.334 e. The lowest BCUT2D eigenvalue weighted by Gasteiger charge is -1.96. The summed E-state index contributed by atoms with van der Waals surface area (Å²) in [4.78, 5) is 10.6. The predicted octanol–water partition coefficient (Wildman–Crippen LogP) is 1.13. The van der Waals surface area contributed by atoms with Crippen LogP contribution in [0.25, 0.3) is 0 Å². The van der Waals surface area contributed by atoms with Gasteiger partial charge in [-0.2, -0.15) is 0 Å². The summed E-state index contributed by atoms with van der Waals surface area (Å²) in [6, 6.07) is 0. The molecule has 0 aliphatic rings. The molecule has 0 amide bonds. The highest BCUT2D eigenvalue weighted by atomic mass is 16.5. The molecule has 0 aromatic carbocycles. The number of rotatable bonds is 2. The first kappa shape index (κ1) is 8.77. The second-order valence-corrected chi connectivity index (χ2v) is 1.78. The van der Waals surface area contributed by atoms with Crippen molar-refractivity contribution in [3.8, 4) is 11.8 Å². The average Bonchev–Trinajstić information content (AvgIpc) is 1.88. The number of esters is 1. The number of carbonyl (C=O) groups excluding carboxylic acids is 1. The summed E-state index contributed by atoms with van der Waals surface area (Å²) in [6.45, 7) is 6.85. The van der Waals surface area contributed by atoms with Crippen molar-refractivity contribution < 1.29 is 9.53 Å². The van der Waals surface area contributed by atoms with Gasteiger partial charge in [0.2, 0.25) is 0 Å². The van der Waals surface area contributed by atoms with Crippen LogP contribution in [0.3, 0.4) is 0 Å². The number of hydrogen-bond acceptors (Lipinski definition) is 2. The van der Waals surface area contributed by atoms with E-state index in [1.807, 2.05) is 0 Å². The predicted molar refractivity (Wildman–Crippen MR) is 39.2 cm³/mol. The normalized spacial score (nSPS) is 7.40. The second-order valence-electron chi connectivity index (χ2n) is 1.78. The highest BCUT2D eigenvalue weighted by Crippen LogP contribution is 1.89. The third kappa shape index (κ3) is 3.73. The molecule has 0 aromatic rings. The van der Waals surface area contributed by atoms with Crippen LogP contribution in [0.2, 0.25) is 0 Å². The zero-order chi connectivity index (χ0) is 7.98. The van der Waals surface area contributed by atoms with Gasteiger partial charge >= 0.3 is 5.97 Å². The lowest BCUT2D eigenvalue weighted by atomic mass is 10.4. The lowest BCUT2D eigenvalue weighted by molar-refractivity contribution is -0.137. The van der Waals surface area contributed by atoms with E-state index in [0.717, 1.165) is 0 Å². The second kappa shape index (κ2) is 4.63. The Morgan fingerprint density at radius 1 is 1.70 bits per heavy atom. The molecule has 0 atom stereocenters. The van der Waals surface area contributed by atoms with Gasteiger partial charge in [0.1, 0.15) is 0 Å². The molecule has 0 saturated heterocycles. The largest absolute Gasteiger partial charge is 0.449 e. The molecule has 54 valence electrons. The summed E-state index contributed by atoms with van der Waals surface area (Å²) in [7, 11) is 0. The van der Waals surface area contributed by atoms with Gasteiger partial charge in [-0.1, -0.05) is 12.5 Å². The van der Waals surface area contributed by atoms with E-state index in [0.29, 0.717) is 5.57 Å². The Labute approximate surface area is 60.9 Å². The minimum atomic E-state index is -0.386. The highest BCUT2D eigenvalue weighted by molar-refractivity contribution is 5.87. The molecule has 0 aliphatic carbocycles. The van der Waals surface area contributed by atoms with Gasteiger partial charge < -0.3 is 4.74 Å². The molecule has 2 nitrogen and oxygen atoms in total. The van der Waals surface area contributed by atoms with Gasteiger partial charge in [0.05, 0.1) is 0 Å². The molecule has 2 heteroatoms. The first-order valence-electron chi connectivity index (χ1n) is 2.90. The molecule has 0 saturated carbocycles. The summed E-state index contributed by atoms with van der Waals surface area (Å²) >= 11 is 0. The molecule has 0 fully saturated rings. The average molecular weight is 138 g/mol. The van der Waals surface area contributed by atoms with Crippen LogP contribution < -0.4 is 0 Å². The van der Waals surface area contributed by atoms with Crippen molar-refractivity contribution in [2.45, 2.75) is 13.8 Å². The Morgan fingerprint density at radius 3 is 2.70 bits per heavy atom. The zero-order valence-corrected chi connectivity index (χ0v) is 6.23. The lowest BCUT2D eigenvalue weighted by Crippen LogP contribution is -2.04. The van der Waals surface area contributed by atoms with Gasteiger partial charge in [0, 0.05) is 5.57 Å². The van der Waals surface area contributed by atoms with Crippen molar-refractivity contribution in [2.75, 3.05) is 6.61 Å². The Balaban J connectivity index is 3.57. The number of hydrogen-bond donors (Lipinski definition) is 0. The first-order valence-corrected chi connectivity index (χ1v) is 2.90. The molecule has 0 rings (SSSR count). The van der Waals surface area contributed by atoms with E-state index in [9.17, 15) is 4.79 Å². The minimum Gasteiger partial charge on any atom is -0.449 e. The zero-order valence-electron chi connectivity index (χ0n) is 6.23. The molecule has 0 N–H and O–H groups in total. The molecular formula is C8H10O2. The van der Waals surface area contributed by atoms with E-state index in [2.05, 4.69) is 23.2 Å². The maximum absolute atomic E-state index is 10.6. The maximum atomic E-state index is 10.6. The monoisotopic (exact) mass is 138 g/mol. The Bertz CT molecular complexity index is 193. The van der Waals surface area contributed by atoms with Gasteiger partial charge in [0.15, 0.2) is 6.61 Å². The van der Waals surface area contributed by atoms with Gasteiger partial charge in [-0.05, 0) is 13.8 Å². The van der Waals surface area contributed by atoms with Crippen LogP contribution in [0.15, 0.2) is 12.2 Å². The summed E-state index contributed by atoms with van der Waals surface area (Å²) in [5, 5.41) is 0. The van der Waals surface area contributed by atoms with Crippen LogP contribution in [0.5, 0.6) is 0 Å². The molecule has 0 aromatic heterocycles. The molecule has 0 aliphatic heterocycles. The van der Waals surface area contributed by atoms with E-state index in [4.69, 9.17) is 0 Å². The Hall–Kier alpha value is -1.23. The van der Waals surface area contributed by atoms with Gasteiger partial charge in [-0.3, -0.25) is 0 Å². The molecule has 0 radical (unpaired) electrons.